The standard InChI is InChI=1S/C20H27N3O2/c1-13(24)21-18-8-4-6-15-12-23(10-9-16(15)18)20(25)19-11-14-5-2-3-7-17(14)22-19/h4,6,8,14,17,19,22H,2-3,5,7,9-12H2,1H3,(H,21,24)/t14-,17+,19+/m1/s1. The first kappa shape index (κ1) is 16.6. The van der Waals surface area contributed by atoms with Crippen LogP contribution in [0.1, 0.15) is 50.2 Å². The minimum atomic E-state index is -0.0512. The van der Waals surface area contributed by atoms with Crippen LogP contribution in [-0.4, -0.2) is 35.3 Å². The topological polar surface area (TPSA) is 61.4 Å². The molecule has 0 radical (unpaired) electrons. The van der Waals surface area contributed by atoms with Crippen molar-refractivity contribution >= 4 is 17.5 Å². The lowest BCUT2D eigenvalue weighted by Gasteiger charge is -2.32. The number of rotatable bonds is 2. The zero-order valence-corrected chi connectivity index (χ0v) is 14.9. The maximum Gasteiger partial charge on any atom is 0.240 e. The van der Waals surface area contributed by atoms with Crippen LogP contribution in [0.5, 0.6) is 0 Å². The Hall–Kier alpha value is -1.88. The van der Waals surface area contributed by atoms with Crippen LogP contribution in [0.2, 0.25) is 0 Å². The number of hydrogen-bond donors (Lipinski definition) is 2. The highest BCUT2D eigenvalue weighted by Gasteiger charge is 2.40. The van der Waals surface area contributed by atoms with Gasteiger partial charge in [-0.15, -0.1) is 0 Å². The highest BCUT2D eigenvalue weighted by atomic mass is 16.2. The van der Waals surface area contributed by atoms with E-state index in [2.05, 4.69) is 16.7 Å². The number of benzene rings is 1. The maximum atomic E-state index is 13.0. The van der Waals surface area contributed by atoms with Crippen molar-refractivity contribution in [2.24, 2.45) is 5.92 Å². The number of fused-ring (bicyclic) bond motifs is 2. The Kier molecular flexibility index (Phi) is 4.50. The van der Waals surface area contributed by atoms with Crippen LogP contribution >= 0.6 is 0 Å². The second-order valence-electron chi connectivity index (χ2n) is 7.74. The van der Waals surface area contributed by atoms with E-state index in [-0.39, 0.29) is 17.9 Å². The van der Waals surface area contributed by atoms with Gasteiger partial charge in [0, 0.05) is 31.7 Å². The number of carbonyl (C=O) groups is 2. The zero-order valence-electron chi connectivity index (χ0n) is 14.9. The minimum Gasteiger partial charge on any atom is -0.337 e. The summed E-state index contributed by atoms with van der Waals surface area (Å²) in [5.74, 6) is 0.890. The van der Waals surface area contributed by atoms with Gasteiger partial charge in [0.05, 0.1) is 6.04 Å². The predicted octanol–water partition coefficient (Wildman–Crippen LogP) is 2.45. The molecule has 0 bridgehead atoms. The fourth-order valence-corrected chi connectivity index (χ4v) is 4.84. The summed E-state index contributed by atoms with van der Waals surface area (Å²) in [6.07, 6.45) is 6.89. The van der Waals surface area contributed by atoms with Crippen LogP contribution in [0.15, 0.2) is 18.2 Å². The average Bonchev–Trinajstić information content (AvgIpc) is 3.04. The molecule has 2 heterocycles. The van der Waals surface area contributed by atoms with Crippen LogP contribution in [0.25, 0.3) is 0 Å². The van der Waals surface area contributed by atoms with E-state index in [4.69, 9.17) is 0 Å². The minimum absolute atomic E-state index is 0.00632. The van der Waals surface area contributed by atoms with Crippen molar-refractivity contribution in [3.05, 3.63) is 29.3 Å². The quantitative estimate of drug-likeness (QED) is 0.869. The highest BCUT2D eigenvalue weighted by Crippen LogP contribution is 2.34. The van der Waals surface area contributed by atoms with Crippen molar-refractivity contribution in [1.82, 2.24) is 10.2 Å². The molecule has 134 valence electrons. The lowest BCUT2D eigenvalue weighted by atomic mass is 9.85. The van der Waals surface area contributed by atoms with Gasteiger partial charge in [0.15, 0.2) is 0 Å². The van der Waals surface area contributed by atoms with E-state index in [1.165, 1.54) is 38.2 Å². The molecule has 0 unspecified atom stereocenters. The molecule has 4 rings (SSSR count). The van der Waals surface area contributed by atoms with Crippen LogP contribution in [0, 0.1) is 5.92 Å². The summed E-state index contributed by atoms with van der Waals surface area (Å²) in [6.45, 7) is 2.91. The molecule has 25 heavy (non-hydrogen) atoms. The molecular formula is C20H27N3O2. The monoisotopic (exact) mass is 341 g/mol. The van der Waals surface area contributed by atoms with Gasteiger partial charge in [-0.2, -0.15) is 0 Å². The largest absolute Gasteiger partial charge is 0.337 e. The second-order valence-corrected chi connectivity index (χ2v) is 7.74. The number of hydrogen-bond acceptors (Lipinski definition) is 3. The Balaban J connectivity index is 1.45. The van der Waals surface area contributed by atoms with Gasteiger partial charge in [-0.05, 0) is 48.8 Å². The summed E-state index contributed by atoms with van der Waals surface area (Å²) in [7, 11) is 0. The van der Waals surface area contributed by atoms with E-state index in [1.54, 1.807) is 0 Å². The van der Waals surface area contributed by atoms with Crippen molar-refractivity contribution in [3.8, 4) is 0 Å². The molecule has 1 aromatic carbocycles. The molecule has 0 spiro atoms. The summed E-state index contributed by atoms with van der Waals surface area (Å²) in [5, 5.41) is 6.51. The maximum absolute atomic E-state index is 13.0. The van der Waals surface area contributed by atoms with Gasteiger partial charge in [-0.3, -0.25) is 9.59 Å². The van der Waals surface area contributed by atoms with Crippen molar-refractivity contribution in [1.29, 1.82) is 0 Å². The number of nitrogens with one attached hydrogen (secondary N) is 2. The normalized spacial score (nSPS) is 28.2. The third-order valence-electron chi connectivity index (χ3n) is 6.05. The molecule has 3 atom stereocenters. The number of carbonyl (C=O) groups excluding carboxylic acids is 2. The smallest absolute Gasteiger partial charge is 0.240 e. The van der Waals surface area contributed by atoms with Gasteiger partial charge in [0.2, 0.25) is 11.8 Å². The Morgan fingerprint density at radius 3 is 2.88 bits per heavy atom. The average molecular weight is 341 g/mol. The van der Waals surface area contributed by atoms with Crippen LogP contribution in [0.3, 0.4) is 0 Å². The van der Waals surface area contributed by atoms with E-state index in [0.29, 0.717) is 18.5 Å². The van der Waals surface area contributed by atoms with Gasteiger partial charge in [0.25, 0.3) is 0 Å². The first-order chi connectivity index (χ1) is 12.1. The molecule has 2 aliphatic heterocycles. The zero-order chi connectivity index (χ0) is 17.4. The molecule has 2 fully saturated rings. The summed E-state index contributed by atoms with van der Waals surface area (Å²) < 4.78 is 0. The van der Waals surface area contributed by atoms with Gasteiger partial charge in [-0.1, -0.05) is 25.0 Å². The SMILES string of the molecule is CC(=O)Nc1cccc2c1CCN(C(=O)[C@@H]1C[C@H]3CCCC[C@@H]3N1)C2. The Morgan fingerprint density at radius 2 is 2.08 bits per heavy atom. The summed E-state index contributed by atoms with van der Waals surface area (Å²) in [4.78, 5) is 26.4. The second kappa shape index (κ2) is 6.79. The van der Waals surface area contributed by atoms with E-state index < -0.39 is 0 Å². The fourth-order valence-electron chi connectivity index (χ4n) is 4.84. The van der Waals surface area contributed by atoms with Crippen molar-refractivity contribution in [2.75, 3.05) is 11.9 Å². The molecule has 2 N–H and O–H groups in total. The first-order valence-electron chi connectivity index (χ1n) is 9.55. The lowest BCUT2D eigenvalue weighted by molar-refractivity contribution is -0.134. The number of amides is 2. The lowest BCUT2D eigenvalue weighted by Crippen LogP contribution is -2.47. The van der Waals surface area contributed by atoms with Crippen LogP contribution in [-0.2, 0) is 22.6 Å². The molecule has 3 aliphatic rings. The molecule has 1 saturated heterocycles. The van der Waals surface area contributed by atoms with Gasteiger partial charge in [-0.25, -0.2) is 0 Å². The highest BCUT2D eigenvalue weighted by molar-refractivity contribution is 5.90. The van der Waals surface area contributed by atoms with E-state index in [9.17, 15) is 9.59 Å². The Labute approximate surface area is 149 Å². The van der Waals surface area contributed by atoms with Crippen molar-refractivity contribution < 1.29 is 9.59 Å². The molecule has 0 aromatic heterocycles. The van der Waals surface area contributed by atoms with Crippen LogP contribution in [0.4, 0.5) is 5.69 Å². The molecule has 1 aromatic rings. The van der Waals surface area contributed by atoms with E-state index in [0.717, 1.165) is 30.6 Å². The van der Waals surface area contributed by atoms with E-state index >= 15 is 0 Å². The first-order valence-corrected chi connectivity index (χ1v) is 9.55. The number of anilines is 1. The van der Waals surface area contributed by atoms with Gasteiger partial charge in [0.1, 0.15) is 0 Å². The molecule has 5 heteroatoms. The van der Waals surface area contributed by atoms with Gasteiger partial charge < -0.3 is 15.5 Å². The third kappa shape index (κ3) is 3.30. The summed E-state index contributed by atoms with van der Waals surface area (Å²) in [6, 6.07) is 6.52. The third-order valence-corrected chi connectivity index (χ3v) is 6.05. The Bertz CT molecular complexity index is 674. The fraction of sp³-hybridized carbons (Fsp3) is 0.600. The molecule has 1 saturated carbocycles. The molecule has 1 aliphatic carbocycles. The van der Waals surface area contributed by atoms with E-state index in [1.807, 2.05) is 17.0 Å². The summed E-state index contributed by atoms with van der Waals surface area (Å²) in [5.41, 5.74) is 3.22. The molecular weight excluding hydrogens is 314 g/mol. The van der Waals surface area contributed by atoms with Gasteiger partial charge >= 0.3 is 0 Å². The predicted molar refractivity (Wildman–Crippen MR) is 97.2 cm³/mol. The Morgan fingerprint density at radius 1 is 1.24 bits per heavy atom. The molecule has 5 nitrogen and oxygen atoms in total. The number of nitrogens with zero attached hydrogens (tertiary/aromatic N) is 1. The molecule has 2 amide bonds. The van der Waals surface area contributed by atoms with Crippen molar-refractivity contribution in [3.63, 3.8) is 0 Å². The van der Waals surface area contributed by atoms with Crippen molar-refractivity contribution in [2.45, 2.75) is 64.1 Å². The van der Waals surface area contributed by atoms with Crippen LogP contribution < -0.4 is 10.6 Å². The summed E-state index contributed by atoms with van der Waals surface area (Å²) >= 11 is 0.